The number of thiophene rings is 1. The second-order valence-electron chi connectivity index (χ2n) is 5.48. The van der Waals surface area contributed by atoms with E-state index in [0.29, 0.717) is 0 Å². The molecule has 2 amide bonds. The quantitative estimate of drug-likeness (QED) is 0.714. The van der Waals surface area contributed by atoms with Crippen LogP contribution in [0.1, 0.15) is 44.5 Å². The van der Waals surface area contributed by atoms with Crippen LogP contribution >= 0.6 is 11.3 Å². The molecule has 116 valence electrons. The molecular weight excluding hydrogens is 292 g/mol. The molecule has 1 unspecified atom stereocenters. The van der Waals surface area contributed by atoms with Gasteiger partial charge >= 0.3 is 5.97 Å². The number of hydrogen-bond donors (Lipinski definition) is 3. The first-order valence-corrected chi connectivity index (χ1v) is 7.41. The van der Waals surface area contributed by atoms with Gasteiger partial charge in [0.15, 0.2) is 0 Å². The molecule has 0 aliphatic heterocycles. The molecule has 0 saturated carbocycles. The summed E-state index contributed by atoms with van der Waals surface area (Å²) in [6.07, 6.45) is -0.0916. The van der Waals surface area contributed by atoms with Crippen LogP contribution in [0.25, 0.3) is 0 Å². The molecule has 7 heteroatoms. The summed E-state index contributed by atoms with van der Waals surface area (Å²) >= 11 is 1.45. The number of rotatable bonds is 7. The highest BCUT2D eigenvalue weighted by atomic mass is 32.1. The van der Waals surface area contributed by atoms with E-state index >= 15 is 0 Å². The van der Waals surface area contributed by atoms with Crippen LogP contribution in [-0.2, 0) is 14.4 Å². The Morgan fingerprint density at radius 1 is 1.38 bits per heavy atom. The van der Waals surface area contributed by atoms with Crippen LogP contribution in [0.15, 0.2) is 17.5 Å². The lowest BCUT2D eigenvalue weighted by atomic mass is 10.00. The van der Waals surface area contributed by atoms with Gasteiger partial charge in [0, 0.05) is 17.3 Å². The van der Waals surface area contributed by atoms with Gasteiger partial charge in [-0.3, -0.25) is 14.4 Å². The lowest BCUT2D eigenvalue weighted by Gasteiger charge is -2.25. The van der Waals surface area contributed by atoms with Gasteiger partial charge in [-0.25, -0.2) is 0 Å². The number of carbonyl (C=O) groups is 3. The summed E-state index contributed by atoms with van der Waals surface area (Å²) in [4.78, 5) is 35.0. The summed E-state index contributed by atoms with van der Waals surface area (Å²) in [6, 6.07) is 3.30. The third kappa shape index (κ3) is 6.40. The molecule has 0 radical (unpaired) electrons. The number of carboxylic acids is 1. The van der Waals surface area contributed by atoms with E-state index < -0.39 is 17.6 Å². The van der Waals surface area contributed by atoms with E-state index in [1.807, 2.05) is 17.5 Å². The van der Waals surface area contributed by atoms with E-state index in [9.17, 15) is 14.4 Å². The van der Waals surface area contributed by atoms with Gasteiger partial charge in [-0.1, -0.05) is 6.07 Å². The van der Waals surface area contributed by atoms with Gasteiger partial charge in [0.2, 0.25) is 11.8 Å². The zero-order chi connectivity index (χ0) is 16.0. The zero-order valence-corrected chi connectivity index (χ0v) is 13.1. The highest BCUT2D eigenvalue weighted by Gasteiger charge is 2.26. The maximum absolute atomic E-state index is 12.1. The van der Waals surface area contributed by atoms with Crippen LogP contribution in [0.3, 0.4) is 0 Å². The van der Waals surface area contributed by atoms with Crippen molar-refractivity contribution in [3.63, 3.8) is 0 Å². The highest BCUT2D eigenvalue weighted by molar-refractivity contribution is 7.10. The molecule has 0 aromatic carbocycles. The van der Waals surface area contributed by atoms with Crippen LogP contribution < -0.4 is 10.6 Å². The van der Waals surface area contributed by atoms with Crippen molar-refractivity contribution in [2.75, 3.05) is 0 Å². The summed E-state index contributed by atoms with van der Waals surface area (Å²) in [5, 5.41) is 16.1. The summed E-state index contributed by atoms with van der Waals surface area (Å²) in [5.74, 6) is -1.49. The normalized spacial score (nSPS) is 12.5. The fourth-order valence-electron chi connectivity index (χ4n) is 1.99. The van der Waals surface area contributed by atoms with Crippen LogP contribution in [-0.4, -0.2) is 28.4 Å². The van der Waals surface area contributed by atoms with Crippen molar-refractivity contribution in [1.82, 2.24) is 10.6 Å². The molecule has 3 N–H and O–H groups in total. The molecule has 0 aliphatic carbocycles. The molecule has 0 bridgehead atoms. The summed E-state index contributed by atoms with van der Waals surface area (Å²) in [6.45, 7) is 4.70. The molecule has 1 rings (SSSR count). The van der Waals surface area contributed by atoms with Crippen LogP contribution in [0, 0.1) is 0 Å². The van der Waals surface area contributed by atoms with Gasteiger partial charge in [-0.2, -0.15) is 0 Å². The maximum atomic E-state index is 12.1. The van der Waals surface area contributed by atoms with Gasteiger partial charge in [0.25, 0.3) is 0 Å². The van der Waals surface area contributed by atoms with Crippen molar-refractivity contribution in [2.24, 2.45) is 0 Å². The maximum Gasteiger partial charge on any atom is 0.305 e. The molecule has 6 nitrogen and oxygen atoms in total. The van der Waals surface area contributed by atoms with Crippen molar-refractivity contribution in [2.45, 2.75) is 45.2 Å². The first-order chi connectivity index (χ1) is 9.69. The number of nitrogens with one attached hydrogen (secondary N) is 2. The topological polar surface area (TPSA) is 95.5 Å². The van der Waals surface area contributed by atoms with E-state index in [-0.39, 0.29) is 24.7 Å². The molecule has 0 saturated heterocycles. The number of amides is 2. The van der Waals surface area contributed by atoms with Crippen LogP contribution in [0.4, 0.5) is 0 Å². The van der Waals surface area contributed by atoms with E-state index in [1.54, 1.807) is 13.8 Å². The van der Waals surface area contributed by atoms with E-state index in [0.717, 1.165) is 4.88 Å². The second-order valence-corrected chi connectivity index (χ2v) is 6.45. The van der Waals surface area contributed by atoms with Gasteiger partial charge in [0.05, 0.1) is 18.9 Å². The van der Waals surface area contributed by atoms with E-state index in [4.69, 9.17) is 5.11 Å². The Bertz CT molecular complexity index is 511. The van der Waals surface area contributed by atoms with Crippen molar-refractivity contribution >= 4 is 29.1 Å². The predicted molar refractivity (Wildman–Crippen MR) is 80.0 cm³/mol. The molecular formula is C14H20N2O4S. The molecule has 1 atom stereocenters. The Labute approximate surface area is 127 Å². The SMILES string of the molecule is CC(=O)NC(CC(=O)NC(C)(C)CC(=O)O)c1cccs1. The average molecular weight is 312 g/mol. The van der Waals surface area contributed by atoms with Gasteiger partial charge in [0.1, 0.15) is 0 Å². The molecule has 1 heterocycles. The van der Waals surface area contributed by atoms with Crippen LogP contribution in [0.2, 0.25) is 0 Å². The van der Waals surface area contributed by atoms with Gasteiger partial charge < -0.3 is 15.7 Å². The monoisotopic (exact) mass is 312 g/mol. The van der Waals surface area contributed by atoms with Gasteiger partial charge in [-0.05, 0) is 25.3 Å². The Morgan fingerprint density at radius 2 is 2.05 bits per heavy atom. The zero-order valence-electron chi connectivity index (χ0n) is 12.3. The van der Waals surface area contributed by atoms with Crippen molar-refractivity contribution in [3.05, 3.63) is 22.4 Å². The molecule has 0 aliphatic rings. The van der Waals surface area contributed by atoms with Crippen molar-refractivity contribution in [1.29, 1.82) is 0 Å². The smallest absolute Gasteiger partial charge is 0.305 e. The van der Waals surface area contributed by atoms with Gasteiger partial charge in [-0.15, -0.1) is 11.3 Å². The third-order valence-electron chi connectivity index (χ3n) is 2.72. The third-order valence-corrected chi connectivity index (χ3v) is 3.71. The minimum absolute atomic E-state index is 0.0726. The summed E-state index contributed by atoms with van der Waals surface area (Å²) in [7, 11) is 0. The van der Waals surface area contributed by atoms with Crippen molar-refractivity contribution < 1.29 is 19.5 Å². The second kappa shape index (κ2) is 7.21. The lowest BCUT2D eigenvalue weighted by molar-refractivity contribution is -0.138. The Balaban J connectivity index is 2.68. The fourth-order valence-corrected chi connectivity index (χ4v) is 2.77. The molecule has 0 fully saturated rings. The predicted octanol–water partition coefficient (Wildman–Crippen LogP) is 1.68. The summed E-state index contributed by atoms with van der Waals surface area (Å²) in [5.41, 5.74) is -0.834. The highest BCUT2D eigenvalue weighted by Crippen LogP contribution is 2.22. The number of carboxylic acid groups (broad SMARTS) is 1. The Kier molecular flexibility index (Phi) is 5.90. The summed E-state index contributed by atoms with van der Waals surface area (Å²) < 4.78 is 0. The number of aliphatic carboxylic acids is 1. The van der Waals surface area contributed by atoms with E-state index in [1.165, 1.54) is 18.3 Å². The number of hydrogen-bond acceptors (Lipinski definition) is 4. The molecule has 1 aromatic rings. The van der Waals surface area contributed by atoms with Crippen molar-refractivity contribution in [3.8, 4) is 0 Å². The average Bonchev–Trinajstić information content (AvgIpc) is 2.77. The number of carbonyl (C=O) groups excluding carboxylic acids is 2. The standard InChI is InChI=1S/C14H20N2O4S/c1-9(17)15-10(11-5-4-6-21-11)7-12(18)16-14(2,3)8-13(19)20/h4-6,10H,7-8H2,1-3H3,(H,15,17)(H,16,18)(H,19,20). The fraction of sp³-hybridized carbons (Fsp3) is 0.500. The minimum atomic E-state index is -0.975. The minimum Gasteiger partial charge on any atom is -0.481 e. The first-order valence-electron chi connectivity index (χ1n) is 6.53. The lowest BCUT2D eigenvalue weighted by Crippen LogP contribution is -2.46. The Hall–Kier alpha value is -1.89. The molecule has 21 heavy (non-hydrogen) atoms. The largest absolute Gasteiger partial charge is 0.481 e. The molecule has 0 spiro atoms. The molecule has 1 aromatic heterocycles. The van der Waals surface area contributed by atoms with E-state index in [2.05, 4.69) is 10.6 Å². The first kappa shape index (κ1) is 17.2. The van der Waals surface area contributed by atoms with Crippen LogP contribution in [0.5, 0.6) is 0 Å². The Morgan fingerprint density at radius 3 is 2.52 bits per heavy atom.